The zero-order chi connectivity index (χ0) is 17.6. The Bertz CT molecular complexity index is 675. The summed E-state index contributed by atoms with van der Waals surface area (Å²) in [5.41, 5.74) is 6.09. The Labute approximate surface area is 153 Å². The van der Waals surface area contributed by atoms with E-state index in [2.05, 4.69) is 44.1 Å². The van der Waals surface area contributed by atoms with Crippen molar-refractivity contribution in [3.63, 3.8) is 0 Å². The van der Waals surface area contributed by atoms with Gasteiger partial charge in [-0.1, -0.05) is 31.1 Å². The highest BCUT2D eigenvalue weighted by Crippen LogP contribution is 2.58. The average Bonchev–Trinajstić information content (AvgIpc) is 2.98. The van der Waals surface area contributed by atoms with Crippen LogP contribution in [-0.4, -0.2) is 26.1 Å². The summed E-state index contributed by atoms with van der Waals surface area (Å²) in [5.74, 6) is 3.23. The van der Waals surface area contributed by atoms with E-state index in [1.165, 1.54) is 67.4 Å². The molecular formula is C23H33NO. The second-order valence-corrected chi connectivity index (χ2v) is 8.57. The van der Waals surface area contributed by atoms with E-state index >= 15 is 0 Å². The van der Waals surface area contributed by atoms with Gasteiger partial charge in [-0.2, -0.15) is 0 Å². The van der Waals surface area contributed by atoms with Crippen molar-refractivity contribution in [2.75, 3.05) is 21.2 Å². The zero-order valence-corrected chi connectivity index (χ0v) is 16.3. The molecule has 0 radical (unpaired) electrons. The summed E-state index contributed by atoms with van der Waals surface area (Å²) in [6.45, 7) is 2.35. The summed E-state index contributed by atoms with van der Waals surface area (Å²) < 4.78 is 6.12. The molecule has 4 atom stereocenters. The van der Waals surface area contributed by atoms with Crippen molar-refractivity contribution in [3.05, 3.63) is 40.5 Å². The number of benzene rings is 1. The van der Waals surface area contributed by atoms with Crippen molar-refractivity contribution in [3.8, 4) is 5.75 Å². The molecule has 3 aliphatic rings. The van der Waals surface area contributed by atoms with Gasteiger partial charge in [-0.15, -0.1) is 0 Å². The molecule has 1 saturated carbocycles. The molecule has 1 aromatic rings. The summed E-state index contributed by atoms with van der Waals surface area (Å²) in [7, 11) is 6.40. The maximum absolute atomic E-state index is 6.12. The molecular weight excluding hydrogens is 306 g/mol. The Kier molecular flexibility index (Phi) is 4.66. The lowest BCUT2D eigenvalue weighted by Crippen LogP contribution is -2.27. The van der Waals surface area contributed by atoms with E-state index in [-0.39, 0.29) is 0 Å². The van der Waals surface area contributed by atoms with Gasteiger partial charge in [0.1, 0.15) is 5.75 Å². The van der Waals surface area contributed by atoms with Crippen molar-refractivity contribution >= 4 is 0 Å². The SMILES string of the molecule is COc1c(C2C=CCCC2)cc(C)c2c1C(N(C)C)C1CCCCC21. The lowest BCUT2D eigenvalue weighted by molar-refractivity contribution is 0.171. The predicted octanol–water partition coefficient (Wildman–Crippen LogP) is 5.72. The number of hydrogen-bond donors (Lipinski definition) is 0. The van der Waals surface area contributed by atoms with Gasteiger partial charge in [-0.25, -0.2) is 0 Å². The van der Waals surface area contributed by atoms with Gasteiger partial charge >= 0.3 is 0 Å². The predicted molar refractivity (Wildman–Crippen MR) is 105 cm³/mol. The average molecular weight is 340 g/mol. The van der Waals surface area contributed by atoms with Crippen LogP contribution in [0.25, 0.3) is 0 Å². The molecule has 0 spiro atoms. The van der Waals surface area contributed by atoms with Crippen LogP contribution in [0.5, 0.6) is 5.75 Å². The largest absolute Gasteiger partial charge is 0.496 e. The van der Waals surface area contributed by atoms with Gasteiger partial charge < -0.3 is 9.64 Å². The number of fused-ring (bicyclic) bond motifs is 3. The first-order chi connectivity index (χ1) is 12.1. The second kappa shape index (κ2) is 6.79. The Morgan fingerprint density at radius 3 is 2.52 bits per heavy atom. The van der Waals surface area contributed by atoms with Crippen LogP contribution in [0, 0.1) is 12.8 Å². The molecule has 1 aromatic carbocycles. The molecule has 4 rings (SSSR count). The minimum Gasteiger partial charge on any atom is -0.496 e. The third kappa shape index (κ3) is 2.73. The first-order valence-corrected chi connectivity index (χ1v) is 10.2. The van der Waals surface area contributed by atoms with E-state index in [1.54, 1.807) is 5.56 Å². The van der Waals surface area contributed by atoms with Gasteiger partial charge in [-0.3, -0.25) is 0 Å². The first kappa shape index (κ1) is 17.1. The van der Waals surface area contributed by atoms with E-state index in [1.807, 2.05) is 7.11 Å². The number of aryl methyl sites for hydroxylation is 1. The lowest BCUT2D eigenvalue weighted by Gasteiger charge is -2.33. The topological polar surface area (TPSA) is 12.5 Å². The molecule has 1 fully saturated rings. The monoisotopic (exact) mass is 339 g/mol. The molecule has 4 unspecified atom stereocenters. The Balaban J connectivity index is 1.90. The fraction of sp³-hybridized carbons (Fsp3) is 0.652. The smallest absolute Gasteiger partial charge is 0.127 e. The standard InChI is InChI=1S/C23H33NO/c1-15-14-19(16-10-6-5-7-11-16)23(25-4)21-20(15)17-12-8-9-13-18(17)22(21)24(2)3/h6,10,14,16-18,22H,5,7-9,11-13H2,1-4H3. The van der Waals surface area contributed by atoms with Crippen LogP contribution in [0.15, 0.2) is 18.2 Å². The Morgan fingerprint density at radius 2 is 1.84 bits per heavy atom. The molecule has 0 saturated heterocycles. The minimum atomic E-state index is 0.515. The number of rotatable bonds is 3. The van der Waals surface area contributed by atoms with Gasteiger partial charge in [0.05, 0.1) is 7.11 Å². The van der Waals surface area contributed by atoms with Crippen LogP contribution in [0.4, 0.5) is 0 Å². The zero-order valence-electron chi connectivity index (χ0n) is 16.3. The molecule has 0 bridgehead atoms. The third-order valence-electron chi connectivity index (χ3n) is 6.90. The van der Waals surface area contributed by atoms with E-state index < -0.39 is 0 Å². The molecule has 0 heterocycles. The maximum Gasteiger partial charge on any atom is 0.127 e. The Morgan fingerprint density at radius 1 is 1.04 bits per heavy atom. The highest BCUT2D eigenvalue weighted by molar-refractivity contribution is 5.58. The van der Waals surface area contributed by atoms with Crippen molar-refractivity contribution in [2.24, 2.45) is 5.92 Å². The number of allylic oxidation sites excluding steroid dienone is 2. The third-order valence-corrected chi connectivity index (χ3v) is 6.90. The molecule has 136 valence electrons. The summed E-state index contributed by atoms with van der Waals surface area (Å²) in [4.78, 5) is 2.46. The molecule has 2 nitrogen and oxygen atoms in total. The van der Waals surface area contributed by atoms with Crippen LogP contribution in [0.2, 0.25) is 0 Å². The second-order valence-electron chi connectivity index (χ2n) is 8.57. The maximum atomic E-state index is 6.12. The molecule has 0 amide bonds. The van der Waals surface area contributed by atoms with Gasteiger partial charge in [-0.05, 0) is 76.1 Å². The van der Waals surface area contributed by atoms with Crippen LogP contribution >= 0.6 is 0 Å². The van der Waals surface area contributed by atoms with E-state index in [4.69, 9.17) is 4.74 Å². The molecule has 3 aliphatic carbocycles. The number of ether oxygens (including phenoxy) is 1. The fourth-order valence-electron chi connectivity index (χ4n) is 5.98. The van der Waals surface area contributed by atoms with Crippen LogP contribution in [-0.2, 0) is 0 Å². The van der Waals surface area contributed by atoms with Gasteiger partial charge in [0.2, 0.25) is 0 Å². The highest BCUT2D eigenvalue weighted by Gasteiger charge is 2.46. The van der Waals surface area contributed by atoms with Crippen LogP contribution in [0.3, 0.4) is 0 Å². The highest BCUT2D eigenvalue weighted by atomic mass is 16.5. The van der Waals surface area contributed by atoms with Gasteiger partial charge in [0.15, 0.2) is 0 Å². The molecule has 2 heteroatoms. The number of methoxy groups -OCH3 is 1. The van der Waals surface area contributed by atoms with E-state index in [0.29, 0.717) is 12.0 Å². The van der Waals surface area contributed by atoms with E-state index in [9.17, 15) is 0 Å². The van der Waals surface area contributed by atoms with Crippen molar-refractivity contribution in [2.45, 2.75) is 69.7 Å². The normalized spacial score (nSPS) is 31.1. The minimum absolute atomic E-state index is 0.515. The van der Waals surface area contributed by atoms with Gasteiger partial charge in [0, 0.05) is 23.1 Å². The van der Waals surface area contributed by atoms with Crippen molar-refractivity contribution in [1.82, 2.24) is 4.90 Å². The molecule has 0 aliphatic heterocycles. The van der Waals surface area contributed by atoms with Crippen molar-refractivity contribution in [1.29, 1.82) is 0 Å². The quantitative estimate of drug-likeness (QED) is 0.653. The summed E-state index contributed by atoms with van der Waals surface area (Å²) in [6.07, 6.45) is 14.0. The Hall–Kier alpha value is -1.28. The number of nitrogens with zero attached hydrogens (tertiary/aromatic N) is 1. The van der Waals surface area contributed by atoms with E-state index in [0.717, 1.165) is 11.8 Å². The first-order valence-electron chi connectivity index (χ1n) is 10.2. The fourth-order valence-corrected chi connectivity index (χ4v) is 5.98. The van der Waals surface area contributed by atoms with Crippen LogP contribution < -0.4 is 4.74 Å². The lowest BCUT2D eigenvalue weighted by atomic mass is 9.77. The molecule has 0 aromatic heterocycles. The van der Waals surface area contributed by atoms with Crippen molar-refractivity contribution < 1.29 is 4.74 Å². The molecule has 25 heavy (non-hydrogen) atoms. The summed E-state index contributed by atoms with van der Waals surface area (Å²) in [5, 5.41) is 0. The van der Waals surface area contributed by atoms with Crippen LogP contribution in [0.1, 0.15) is 85.1 Å². The summed E-state index contributed by atoms with van der Waals surface area (Å²) >= 11 is 0. The summed E-state index contributed by atoms with van der Waals surface area (Å²) in [6, 6.07) is 2.98. The van der Waals surface area contributed by atoms with Gasteiger partial charge in [0.25, 0.3) is 0 Å². The molecule has 0 N–H and O–H groups in total. The number of hydrogen-bond acceptors (Lipinski definition) is 2.